The summed E-state index contributed by atoms with van der Waals surface area (Å²) in [5, 5.41) is 3.06. The molecule has 1 aliphatic rings. The van der Waals surface area contributed by atoms with E-state index in [2.05, 4.69) is 20.3 Å². The summed E-state index contributed by atoms with van der Waals surface area (Å²) in [5.41, 5.74) is 7.70. The van der Waals surface area contributed by atoms with Gasteiger partial charge in [0.1, 0.15) is 0 Å². The Bertz CT molecular complexity index is 717. The zero-order chi connectivity index (χ0) is 16.4. The quantitative estimate of drug-likeness (QED) is 0.816. The maximum absolute atomic E-state index is 11.7. The van der Waals surface area contributed by atoms with E-state index in [9.17, 15) is 4.79 Å². The van der Waals surface area contributed by atoms with Gasteiger partial charge < -0.3 is 15.8 Å². The first-order valence-corrected chi connectivity index (χ1v) is 7.52. The molecule has 1 heterocycles. The maximum Gasteiger partial charge on any atom is 0.309 e. The van der Waals surface area contributed by atoms with Gasteiger partial charge in [0.05, 0.1) is 5.92 Å². The first-order chi connectivity index (χ1) is 11.0. The van der Waals surface area contributed by atoms with Crippen LogP contribution < -0.4 is 11.1 Å². The third-order valence-corrected chi connectivity index (χ3v) is 3.76. The van der Waals surface area contributed by atoms with E-state index in [0.29, 0.717) is 17.7 Å². The van der Waals surface area contributed by atoms with Crippen molar-refractivity contribution in [1.82, 2.24) is 15.0 Å². The highest BCUT2D eigenvalue weighted by molar-refractivity contribution is 5.75. The van der Waals surface area contributed by atoms with Crippen LogP contribution in [-0.2, 0) is 16.1 Å². The number of esters is 1. The Balaban J connectivity index is 1.66. The molecule has 1 aromatic heterocycles. The standard InChI is InChI=1S/C16H19N5O2/c1-9-3-5-11(6-4-9)18-16-20-13(19-15(17)21-16)8-23-14(22)12-7-10(12)2/h3-6,10,12H,7-8H2,1-2H3,(H3,17,18,19,20,21)/t10-,12-/m1/s1. The van der Waals surface area contributed by atoms with Gasteiger partial charge in [-0.2, -0.15) is 15.0 Å². The van der Waals surface area contributed by atoms with Gasteiger partial charge in [-0.15, -0.1) is 0 Å². The first kappa shape index (κ1) is 15.2. The largest absolute Gasteiger partial charge is 0.457 e. The Kier molecular flexibility index (Phi) is 4.10. The second-order valence-electron chi connectivity index (χ2n) is 5.85. The highest BCUT2D eigenvalue weighted by atomic mass is 16.5. The molecule has 0 unspecified atom stereocenters. The van der Waals surface area contributed by atoms with Gasteiger partial charge in [-0.05, 0) is 31.4 Å². The number of anilines is 3. The number of nitrogen functional groups attached to an aromatic ring is 1. The molecule has 23 heavy (non-hydrogen) atoms. The lowest BCUT2D eigenvalue weighted by molar-refractivity contribution is -0.147. The second-order valence-corrected chi connectivity index (χ2v) is 5.85. The number of rotatable bonds is 5. The maximum atomic E-state index is 11.7. The van der Waals surface area contributed by atoms with Gasteiger partial charge >= 0.3 is 5.97 Å². The van der Waals surface area contributed by atoms with E-state index in [4.69, 9.17) is 10.5 Å². The molecule has 0 amide bonds. The number of aromatic nitrogens is 3. The number of hydrogen-bond acceptors (Lipinski definition) is 7. The van der Waals surface area contributed by atoms with E-state index in [1.165, 1.54) is 0 Å². The molecule has 3 N–H and O–H groups in total. The van der Waals surface area contributed by atoms with Crippen molar-refractivity contribution in [3.05, 3.63) is 35.7 Å². The van der Waals surface area contributed by atoms with E-state index in [1.807, 2.05) is 38.1 Å². The van der Waals surface area contributed by atoms with Crippen molar-refractivity contribution < 1.29 is 9.53 Å². The van der Waals surface area contributed by atoms with Crippen LogP contribution in [0.3, 0.4) is 0 Å². The molecule has 1 saturated carbocycles. The lowest BCUT2D eigenvalue weighted by atomic mass is 10.2. The molecule has 0 spiro atoms. The molecule has 0 bridgehead atoms. The Hall–Kier alpha value is -2.70. The fourth-order valence-corrected chi connectivity index (χ4v) is 2.22. The molecule has 3 rings (SSSR count). The number of aryl methyl sites for hydroxylation is 1. The number of ether oxygens (including phenoxy) is 1. The third-order valence-electron chi connectivity index (χ3n) is 3.76. The SMILES string of the molecule is Cc1ccc(Nc2nc(N)nc(COC(=O)[C@@H]3C[C@H]3C)n2)cc1. The summed E-state index contributed by atoms with van der Waals surface area (Å²) in [6.07, 6.45) is 0.887. The van der Waals surface area contributed by atoms with E-state index in [0.717, 1.165) is 17.7 Å². The normalized spacial score (nSPS) is 19.2. The summed E-state index contributed by atoms with van der Waals surface area (Å²) in [5.74, 6) is 0.954. The highest BCUT2D eigenvalue weighted by Gasteiger charge is 2.40. The monoisotopic (exact) mass is 313 g/mol. The van der Waals surface area contributed by atoms with Crippen molar-refractivity contribution in [2.75, 3.05) is 11.1 Å². The molecule has 7 heteroatoms. The molecule has 2 aromatic rings. The van der Waals surface area contributed by atoms with Crippen LogP contribution >= 0.6 is 0 Å². The number of nitrogens with one attached hydrogen (secondary N) is 1. The number of nitrogens with zero attached hydrogens (tertiary/aromatic N) is 3. The summed E-state index contributed by atoms with van der Waals surface area (Å²) in [7, 11) is 0. The summed E-state index contributed by atoms with van der Waals surface area (Å²) < 4.78 is 5.22. The number of benzene rings is 1. The number of carbonyl (C=O) groups excluding carboxylic acids is 1. The Labute approximate surface area is 134 Å². The minimum Gasteiger partial charge on any atom is -0.457 e. The van der Waals surface area contributed by atoms with Gasteiger partial charge in [0.15, 0.2) is 12.4 Å². The minimum atomic E-state index is -0.204. The predicted molar refractivity (Wildman–Crippen MR) is 85.8 cm³/mol. The average molecular weight is 313 g/mol. The molecule has 7 nitrogen and oxygen atoms in total. The van der Waals surface area contributed by atoms with E-state index < -0.39 is 0 Å². The summed E-state index contributed by atoms with van der Waals surface area (Å²) in [6.45, 7) is 4.03. The van der Waals surface area contributed by atoms with E-state index >= 15 is 0 Å². The van der Waals surface area contributed by atoms with E-state index in [-0.39, 0.29) is 24.4 Å². The molecule has 0 aliphatic heterocycles. The highest BCUT2D eigenvalue weighted by Crippen LogP contribution is 2.38. The van der Waals surface area contributed by atoms with Crippen LogP contribution in [0.25, 0.3) is 0 Å². The molecule has 2 atom stereocenters. The molecule has 1 aliphatic carbocycles. The average Bonchev–Trinajstić information content (AvgIpc) is 3.24. The molecular weight excluding hydrogens is 294 g/mol. The summed E-state index contributed by atoms with van der Waals surface area (Å²) >= 11 is 0. The molecule has 0 radical (unpaired) electrons. The lowest BCUT2D eigenvalue weighted by Crippen LogP contribution is -2.12. The van der Waals surface area contributed by atoms with Crippen LogP contribution in [-0.4, -0.2) is 20.9 Å². The number of nitrogens with two attached hydrogens (primary N) is 1. The molecule has 120 valence electrons. The van der Waals surface area contributed by atoms with Crippen LogP contribution in [0.15, 0.2) is 24.3 Å². The molecular formula is C16H19N5O2. The van der Waals surface area contributed by atoms with Gasteiger partial charge in [-0.3, -0.25) is 4.79 Å². The van der Waals surface area contributed by atoms with Crippen LogP contribution in [0.4, 0.5) is 17.6 Å². The fourth-order valence-electron chi connectivity index (χ4n) is 2.22. The van der Waals surface area contributed by atoms with Crippen LogP contribution in [0.1, 0.15) is 24.7 Å². The lowest BCUT2D eigenvalue weighted by Gasteiger charge is -2.08. The molecule has 0 saturated heterocycles. The van der Waals surface area contributed by atoms with Crippen molar-refractivity contribution in [1.29, 1.82) is 0 Å². The molecule has 1 fully saturated rings. The smallest absolute Gasteiger partial charge is 0.309 e. The van der Waals surface area contributed by atoms with Crippen LogP contribution in [0.2, 0.25) is 0 Å². The second kappa shape index (κ2) is 6.20. The van der Waals surface area contributed by atoms with Crippen molar-refractivity contribution in [3.8, 4) is 0 Å². The zero-order valence-electron chi connectivity index (χ0n) is 13.1. The Morgan fingerprint density at radius 3 is 2.65 bits per heavy atom. The van der Waals surface area contributed by atoms with Gasteiger partial charge in [0.2, 0.25) is 11.9 Å². The predicted octanol–water partition coefficient (Wildman–Crippen LogP) is 2.21. The number of hydrogen-bond donors (Lipinski definition) is 2. The van der Waals surface area contributed by atoms with Crippen LogP contribution in [0.5, 0.6) is 0 Å². The molecule has 1 aromatic carbocycles. The van der Waals surface area contributed by atoms with Gasteiger partial charge in [-0.25, -0.2) is 0 Å². The van der Waals surface area contributed by atoms with Gasteiger partial charge in [0, 0.05) is 5.69 Å². The van der Waals surface area contributed by atoms with Crippen LogP contribution in [0, 0.1) is 18.8 Å². The summed E-state index contributed by atoms with van der Waals surface area (Å²) in [6, 6.07) is 7.80. The Morgan fingerprint density at radius 1 is 1.30 bits per heavy atom. The fraction of sp³-hybridized carbons (Fsp3) is 0.375. The zero-order valence-corrected chi connectivity index (χ0v) is 13.1. The third kappa shape index (κ3) is 3.94. The number of carbonyl (C=O) groups is 1. The van der Waals surface area contributed by atoms with E-state index in [1.54, 1.807) is 0 Å². The van der Waals surface area contributed by atoms with Crippen molar-refractivity contribution in [2.45, 2.75) is 26.9 Å². The van der Waals surface area contributed by atoms with Gasteiger partial charge in [0.25, 0.3) is 0 Å². The summed E-state index contributed by atoms with van der Waals surface area (Å²) in [4.78, 5) is 24.0. The van der Waals surface area contributed by atoms with Crippen molar-refractivity contribution in [2.24, 2.45) is 11.8 Å². The van der Waals surface area contributed by atoms with Gasteiger partial charge in [-0.1, -0.05) is 24.6 Å². The van der Waals surface area contributed by atoms with Crippen molar-refractivity contribution >= 4 is 23.6 Å². The topological polar surface area (TPSA) is 103 Å². The van der Waals surface area contributed by atoms with Crippen molar-refractivity contribution in [3.63, 3.8) is 0 Å². The minimum absolute atomic E-state index is 0.00263. The Morgan fingerprint density at radius 2 is 2.00 bits per heavy atom. The first-order valence-electron chi connectivity index (χ1n) is 7.52.